The summed E-state index contributed by atoms with van der Waals surface area (Å²) in [6.07, 6.45) is 0.668. The van der Waals surface area contributed by atoms with Gasteiger partial charge in [0, 0.05) is 11.0 Å². The average Bonchev–Trinajstić information content (AvgIpc) is 2.29. The summed E-state index contributed by atoms with van der Waals surface area (Å²) in [5, 5.41) is 2.54. The van der Waals surface area contributed by atoms with Gasteiger partial charge in [0.15, 0.2) is 0 Å². The predicted octanol–water partition coefficient (Wildman–Crippen LogP) is 2.45. The third kappa shape index (κ3) is 6.38. The SMILES string of the molecule is CC(C)(C)OC(=O)C(=O)NCCc1ccc(Br)cc1. The summed E-state index contributed by atoms with van der Waals surface area (Å²) in [5.74, 6) is -1.55. The number of carbonyl (C=O) groups is 2. The van der Waals surface area contributed by atoms with E-state index in [0.29, 0.717) is 13.0 Å². The molecule has 0 bridgehead atoms. The quantitative estimate of drug-likeness (QED) is 0.685. The van der Waals surface area contributed by atoms with Crippen LogP contribution >= 0.6 is 15.9 Å². The second kappa shape index (κ2) is 6.70. The van der Waals surface area contributed by atoms with E-state index in [-0.39, 0.29) is 0 Å². The van der Waals surface area contributed by atoms with Crippen LogP contribution in [0.15, 0.2) is 28.7 Å². The molecule has 0 spiro atoms. The van der Waals surface area contributed by atoms with Crippen LogP contribution in [0.1, 0.15) is 26.3 Å². The van der Waals surface area contributed by atoms with Crippen LogP contribution in [-0.2, 0) is 20.7 Å². The highest BCUT2D eigenvalue weighted by atomic mass is 79.9. The number of benzene rings is 1. The van der Waals surface area contributed by atoms with Gasteiger partial charge in [-0.2, -0.15) is 0 Å². The molecule has 1 N–H and O–H groups in total. The molecule has 0 radical (unpaired) electrons. The fraction of sp³-hybridized carbons (Fsp3) is 0.429. The molecule has 0 saturated carbocycles. The van der Waals surface area contributed by atoms with E-state index in [1.165, 1.54) is 0 Å². The lowest BCUT2D eigenvalue weighted by Crippen LogP contribution is -2.37. The Morgan fingerprint density at radius 3 is 2.32 bits per heavy atom. The Morgan fingerprint density at radius 1 is 1.21 bits per heavy atom. The molecule has 1 aromatic rings. The molecule has 0 aliphatic rings. The number of hydrogen-bond acceptors (Lipinski definition) is 3. The van der Waals surface area contributed by atoms with Gasteiger partial charge in [0.25, 0.3) is 0 Å². The van der Waals surface area contributed by atoms with Gasteiger partial charge < -0.3 is 10.1 Å². The molecular weight excluding hydrogens is 310 g/mol. The Balaban J connectivity index is 2.35. The molecule has 0 saturated heterocycles. The van der Waals surface area contributed by atoms with Gasteiger partial charge in [-0.25, -0.2) is 4.79 Å². The Kier molecular flexibility index (Phi) is 5.54. The van der Waals surface area contributed by atoms with Gasteiger partial charge in [0.1, 0.15) is 5.60 Å². The number of carbonyl (C=O) groups excluding carboxylic acids is 2. The summed E-state index contributed by atoms with van der Waals surface area (Å²) in [5.41, 5.74) is 0.438. The smallest absolute Gasteiger partial charge is 0.397 e. The van der Waals surface area contributed by atoms with E-state index in [2.05, 4.69) is 21.2 Å². The van der Waals surface area contributed by atoms with Crippen molar-refractivity contribution in [1.29, 1.82) is 0 Å². The number of halogens is 1. The van der Waals surface area contributed by atoms with E-state index in [0.717, 1.165) is 10.0 Å². The molecule has 0 atom stereocenters. The van der Waals surface area contributed by atoms with Crippen molar-refractivity contribution < 1.29 is 14.3 Å². The lowest BCUT2D eigenvalue weighted by atomic mass is 10.1. The Morgan fingerprint density at radius 2 is 1.79 bits per heavy atom. The summed E-state index contributed by atoms with van der Waals surface area (Å²) in [6.45, 7) is 5.57. The van der Waals surface area contributed by atoms with Gasteiger partial charge in [0.05, 0.1) is 0 Å². The van der Waals surface area contributed by atoms with Crippen molar-refractivity contribution in [2.45, 2.75) is 32.8 Å². The predicted molar refractivity (Wildman–Crippen MR) is 76.7 cm³/mol. The normalized spacial score (nSPS) is 10.9. The van der Waals surface area contributed by atoms with Crippen molar-refractivity contribution in [3.8, 4) is 0 Å². The Hall–Kier alpha value is -1.36. The van der Waals surface area contributed by atoms with E-state index in [1.54, 1.807) is 20.8 Å². The summed E-state index contributed by atoms with van der Waals surface area (Å²) >= 11 is 3.35. The maximum atomic E-state index is 11.5. The third-order valence-corrected chi connectivity index (χ3v) is 2.73. The van der Waals surface area contributed by atoms with Crippen molar-refractivity contribution in [3.63, 3.8) is 0 Å². The van der Waals surface area contributed by atoms with Gasteiger partial charge in [-0.15, -0.1) is 0 Å². The molecule has 0 fully saturated rings. The van der Waals surface area contributed by atoms with E-state index >= 15 is 0 Å². The monoisotopic (exact) mass is 327 g/mol. The van der Waals surface area contributed by atoms with E-state index < -0.39 is 17.5 Å². The fourth-order valence-electron chi connectivity index (χ4n) is 1.37. The summed E-state index contributed by atoms with van der Waals surface area (Å²) < 4.78 is 5.97. The molecule has 0 heterocycles. The molecule has 0 unspecified atom stereocenters. The first-order valence-corrected chi connectivity index (χ1v) is 6.83. The van der Waals surface area contributed by atoms with Crippen LogP contribution in [-0.4, -0.2) is 24.0 Å². The molecule has 5 heteroatoms. The molecule has 0 aliphatic carbocycles. The second-order valence-electron chi connectivity index (χ2n) is 5.13. The van der Waals surface area contributed by atoms with Gasteiger partial charge in [0.2, 0.25) is 0 Å². The van der Waals surface area contributed by atoms with Crippen LogP contribution in [0.2, 0.25) is 0 Å². The van der Waals surface area contributed by atoms with Gasteiger partial charge >= 0.3 is 11.9 Å². The first-order valence-electron chi connectivity index (χ1n) is 6.03. The Bertz CT molecular complexity index is 449. The van der Waals surface area contributed by atoms with Crippen LogP contribution in [0.3, 0.4) is 0 Å². The van der Waals surface area contributed by atoms with Crippen LogP contribution in [0, 0.1) is 0 Å². The van der Waals surface area contributed by atoms with Crippen LogP contribution in [0.25, 0.3) is 0 Å². The van der Waals surface area contributed by atoms with Gasteiger partial charge in [-0.05, 0) is 44.9 Å². The third-order valence-electron chi connectivity index (χ3n) is 2.20. The zero-order chi connectivity index (χ0) is 14.5. The molecule has 1 amide bonds. The average molecular weight is 328 g/mol. The minimum absolute atomic E-state index is 0.402. The van der Waals surface area contributed by atoms with Crippen molar-refractivity contribution >= 4 is 27.8 Å². The molecule has 0 aromatic heterocycles. The number of hydrogen-bond donors (Lipinski definition) is 1. The summed E-state index contributed by atoms with van der Waals surface area (Å²) in [7, 11) is 0. The molecule has 1 rings (SSSR count). The maximum absolute atomic E-state index is 11.5. The highest BCUT2D eigenvalue weighted by molar-refractivity contribution is 9.10. The van der Waals surface area contributed by atoms with Gasteiger partial charge in [-0.3, -0.25) is 4.79 Å². The lowest BCUT2D eigenvalue weighted by molar-refractivity contribution is -0.163. The number of nitrogens with one attached hydrogen (secondary N) is 1. The highest BCUT2D eigenvalue weighted by Gasteiger charge is 2.22. The zero-order valence-corrected chi connectivity index (χ0v) is 12.9. The molecular formula is C14H18BrNO3. The molecule has 4 nitrogen and oxygen atoms in total. The zero-order valence-electron chi connectivity index (χ0n) is 11.3. The van der Waals surface area contributed by atoms with Crippen LogP contribution in [0.5, 0.6) is 0 Å². The summed E-state index contributed by atoms with van der Waals surface area (Å²) in [6, 6.07) is 7.80. The van der Waals surface area contributed by atoms with Crippen LogP contribution in [0.4, 0.5) is 0 Å². The molecule has 1 aromatic carbocycles. The maximum Gasteiger partial charge on any atom is 0.397 e. The number of esters is 1. The minimum atomic E-state index is -0.844. The molecule has 19 heavy (non-hydrogen) atoms. The standard InChI is InChI=1S/C14H18BrNO3/c1-14(2,3)19-13(18)12(17)16-9-8-10-4-6-11(15)7-5-10/h4-7H,8-9H2,1-3H3,(H,16,17). The van der Waals surface area contributed by atoms with Crippen LogP contribution < -0.4 is 5.32 Å². The fourth-order valence-corrected chi connectivity index (χ4v) is 1.63. The van der Waals surface area contributed by atoms with E-state index in [9.17, 15) is 9.59 Å². The number of ether oxygens (including phenoxy) is 1. The van der Waals surface area contributed by atoms with E-state index in [4.69, 9.17) is 4.74 Å². The highest BCUT2D eigenvalue weighted by Crippen LogP contribution is 2.10. The topological polar surface area (TPSA) is 55.4 Å². The largest absolute Gasteiger partial charge is 0.453 e. The first kappa shape index (κ1) is 15.7. The number of amides is 1. The van der Waals surface area contributed by atoms with Crippen molar-refractivity contribution in [3.05, 3.63) is 34.3 Å². The van der Waals surface area contributed by atoms with Crippen molar-refractivity contribution in [2.24, 2.45) is 0 Å². The first-order chi connectivity index (χ1) is 8.78. The lowest BCUT2D eigenvalue weighted by Gasteiger charge is -2.18. The van der Waals surface area contributed by atoms with E-state index in [1.807, 2.05) is 24.3 Å². The number of rotatable bonds is 3. The van der Waals surface area contributed by atoms with Gasteiger partial charge in [-0.1, -0.05) is 28.1 Å². The summed E-state index contributed by atoms with van der Waals surface area (Å²) in [4.78, 5) is 22.9. The Labute approximate surface area is 121 Å². The minimum Gasteiger partial charge on any atom is -0.453 e. The molecule has 0 aliphatic heterocycles. The van der Waals surface area contributed by atoms with Crippen molar-refractivity contribution in [1.82, 2.24) is 5.32 Å². The second-order valence-corrected chi connectivity index (χ2v) is 6.05. The van der Waals surface area contributed by atoms with Crippen molar-refractivity contribution in [2.75, 3.05) is 6.54 Å². The molecule has 104 valence electrons.